The van der Waals surface area contributed by atoms with Crippen molar-refractivity contribution < 1.29 is 13.7 Å². The number of carbonyl (C=O) groups excluding carboxylic acids is 1. The molecule has 34 heavy (non-hydrogen) atoms. The number of hydrogen-bond acceptors (Lipinski definition) is 4. The lowest BCUT2D eigenvalue weighted by atomic mass is 10.1. The van der Waals surface area contributed by atoms with E-state index in [4.69, 9.17) is 4.74 Å². The van der Waals surface area contributed by atoms with Crippen LogP contribution >= 0.6 is 0 Å². The van der Waals surface area contributed by atoms with Crippen LogP contribution in [-0.4, -0.2) is 27.0 Å². The fourth-order valence-corrected chi connectivity index (χ4v) is 4.89. The number of aryl methyl sites for hydroxylation is 3. The highest BCUT2D eigenvalue weighted by atomic mass is 32.2. The number of ether oxygens (including phenoxy) is 1. The SMILES string of the molecule is COc1ccc(NC(=O)c2cccc(-c3ccnn3C)c2)cc1S(=O)Nc1c(C)cccc1C. The van der Waals surface area contributed by atoms with E-state index in [0.29, 0.717) is 21.9 Å². The fourth-order valence-electron chi connectivity index (χ4n) is 3.70. The number of rotatable bonds is 7. The van der Waals surface area contributed by atoms with Gasteiger partial charge in [0.05, 0.1) is 18.5 Å². The third-order valence-electron chi connectivity index (χ3n) is 5.54. The minimum absolute atomic E-state index is 0.270. The van der Waals surface area contributed by atoms with Crippen LogP contribution in [0, 0.1) is 13.8 Å². The maximum absolute atomic E-state index is 13.2. The van der Waals surface area contributed by atoms with Crippen LogP contribution in [0.4, 0.5) is 11.4 Å². The minimum Gasteiger partial charge on any atom is -0.495 e. The van der Waals surface area contributed by atoms with E-state index in [-0.39, 0.29) is 5.91 Å². The predicted octanol–water partition coefficient (Wildman–Crippen LogP) is 5.10. The number of hydrogen-bond donors (Lipinski definition) is 2. The first-order valence-electron chi connectivity index (χ1n) is 10.7. The molecule has 174 valence electrons. The molecule has 0 aliphatic rings. The van der Waals surface area contributed by atoms with Crippen LogP contribution in [0.3, 0.4) is 0 Å². The second-order valence-corrected chi connectivity index (χ2v) is 9.06. The quantitative estimate of drug-likeness (QED) is 0.390. The van der Waals surface area contributed by atoms with E-state index in [1.807, 2.05) is 63.4 Å². The maximum Gasteiger partial charge on any atom is 0.255 e. The molecule has 0 aliphatic carbocycles. The highest BCUT2D eigenvalue weighted by Gasteiger charge is 2.16. The molecule has 8 heteroatoms. The van der Waals surface area contributed by atoms with Crippen molar-refractivity contribution in [3.05, 3.63) is 89.6 Å². The molecule has 7 nitrogen and oxygen atoms in total. The molecule has 1 heterocycles. The number of para-hydroxylation sites is 1. The lowest BCUT2D eigenvalue weighted by molar-refractivity contribution is 0.102. The topological polar surface area (TPSA) is 85.2 Å². The van der Waals surface area contributed by atoms with Crippen molar-refractivity contribution >= 4 is 28.3 Å². The molecule has 1 atom stereocenters. The van der Waals surface area contributed by atoms with Crippen molar-refractivity contribution in [1.82, 2.24) is 9.78 Å². The van der Waals surface area contributed by atoms with Gasteiger partial charge in [-0.25, -0.2) is 4.21 Å². The Balaban J connectivity index is 1.58. The lowest BCUT2D eigenvalue weighted by Crippen LogP contribution is -2.13. The second-order valence-electron chi connectivity index (χ2n) is 7.88. The van der Waals surface area contributed by atoms with Crippen molar-refractivity contribution in [2.45, 2.75) is 18.7 Å². The molecule has 2 N–H and O–H groups in total. The molecule has 0 spiro atoms. The number of nitrogens with zero attached hydrogens (tertiary/aromatic N) is 2. The number of nitrogens with one attached hydrogen (secondary N) is 2. The largest absolute Gasteiger partial charge is 0.495 e. The van der Waals surface area contributed by atoms with Gasteiger partial charge in [-0.3, -0.25) is 9.48 Å². The van der Waals surface area contributed by atoms with Crippen LogP contribution in [0.2, 0.25) is 0 Å². The van der Waals surface area contributed by atoms with Gasteiger partial charge in [0.1, 0.15) is 10.6 Å². The van der Waals surface area contributed by atoms with Crippen molar-refractivity contribution in [2.24, 2.45) is 7.05 Å². The summed E-state index contributed by atoms with van der Waals surface area (Å²) in [5, 5.41) is 7.09. The first-order valence-corrected chi connectivity index (χ1v) is 11.8. The van der Waals surface area contributed by atoms with E-state index in [1.165, 1.54) is 7.11 Å². The molecule has 0 saturated heterocycles. The molecular formula is C26H26N4O3S. The highest BCUT2D eigenvalue weighted by molar-refractivity contribution is 7.86. The van der Waals surface area contributed by atoms with E-state index in [0.717, 1.165) is 28.1 Å². The zero-order valence-corrected chi connectivity index (χ0v) is 20.3. The van der Waals surface area contributed by atoms with Crippen LogP contribution < -0.4 is 14.8 Å². The van der Waals surface area contributed by atoms with E-state index < -0.39 is 11.0 Å². The van der Waals surface area contributed by atoms with Gasteiger partial charge in [0.15, 0.2) is 11.0 Å². The van der Waals surface area contributed by atoms with Crippen LogP contribution in [0.1, 0.15) is 21.5 Å². The summed E-state index contributed by atoms with van der Waals surface area (Å²) >= 11 is 0. The summed E-state index contributed by atoms with van der Waals surface area (Å²) in [6.45, 7) is 3.92. The normalized spacial score (nSPS) is 11.6. The Kier molecular flexibility index (Phi) is 6.79. The molecule has 4 rings (SSSR count). The molecule has 4 aromatic rings. The molecule has 0 aliphatic heterocycles. The number of amides is 1. The summed E-state index contributed by atoms with van der Waals surface area (Å²) in [7, 11) is 1.78. The number of anilines is 2. The van der Waals surface area contributed by atoms with Gasteiger partial charge in [0, 0.05) is 30.1 Å². The highest BCUT2D eigenvalue weighted by Crippen LogP contribution is 2.29. The Morgan fingerprint density at radius 2 is 1.74 bits per heavy atom. The maximum atomic E-state index is 13.2. The standard InChI is InChI=1S/C26H26N4O3S/c1-17-7-5-8-18(2)25(17)29-34(32)24-16-21(11-12-23(24)33-4)28-26(31)20-10-6-9-19(15-20)22-13-14-27-30(22)3/h5-16,29H,1-4H3,(H,28,31). The van der Waals surface area contributed by atoms with Gasteiger partial charge in [0.2, 0.25) is 0 Å². The molecule has 3 aromatic carbocycles. The average Bonchev–Trinajstić information content (AvgIpc) is 3.27. The Bertz CT molecular complexity index is 1360. The van der Waals surface area contributed by atoms with Crippen LogP contribution in [-0.2, 0) is 18.0 Å². The Labute approximate surface area is 201 Å². The minimum atomic E-state index is -1.60. The van der Waals surface area contributed by atoms with Crippen LogP contribution in [0.25, 0.3) is 11.3 Å². The van der Waals surface area contributed by atoms with Crippen molar-refractivity contribution in [3.63, 3.8) is 0 Å². The molecule has 1 unspecified atom stereocenters. The third kappa shape index (κ3) is 4.87. The fraction of sp³-hybridized carbons (Fsp3) is 0.154. The number of methoxy groups -OCH3 is 1. The van der Waals surface area contributed by atoms with Gasteiger partial charge in [-0.15, -0.1) is 0 Å². The van der Waals surface area contributed by atoms with Crippen molar-refractivity contribution in [2.75, 3.05) is 17.1 Å². The molecule has 1 aromatic heterocycles. The van der Waals surface area contributed by atoms with Crippen LogP contribution in [0.5, 0.6) is 5.75 Å². The third-order valence-corrected chi connectivity index (χ3v) is 6.65. The smallest absolute Gasteiger partial charge is 0.255 e. The van der Waals surface area contributed by atoms with E-state index >= 15 is 0 Å². The second kappa shape index (κ2) is 9.93. The molecule has 0 saturated carbocycles. The first-order chi connectivity index (χ1) is 16.4. The lowest BCUT2D eigenvalue weighted by Gasteiger charge is -2.15. The number of benzene rings is 3. The Hall–Kier alpha value is -3.91. The molecule has 1 amide bonds. The van der Waals surface area contributed by atoms with Gasteiger partial charge in [0.25, 0.3) is 5.91 Å². The molecule has 0 radical (unpaired) electrons. The van der Waals surface area contributed by atoms with Gasteiger partial charge >= 0.3 is 0 Å². The molecule has 0 fully saturated rings. The van der Waals surface area contributed by atoms with Crippen LogP contribution in [0.15, 0.2) is 77.8 Å². The average molecular weight is 475 g/mol. The Morgan fingerprint density at radius 3 is 2.41 bits per heavy atom. The summed E-state index contributed by atoms with van der Waals surface area (Å²) in [6.07, 6.45) is 1.72. The van der Waals surface area contributed by atoms with Crippen molar-refractivity contribution in [3.8, 4) is 17.0 Å². The van der Waals surface area contributed by atoms with Gasteiger partial charge in [-0.2, -0.15) is 5.10 Å². The van der Waals surface area contributed by atoms with Gasteiger partial charge in [-0.1, -0.05) is 30.3 Å². The van der Waals surface area contributed by atoms with Gasteiger partial charge in [-0.05, 0) is 61.4 Å². The summed E-state index contributed by atoms with van der Waals surface area (Å²) in [5.41, 5.74) is 5.62. The zero-order valence-electron chi connectivity index (χ0n) is 19.5. The van der Waals surface area contributed by atoms with E-state index in [2.05, 4.69) is 15.1 Å². The van der Waals surface area contributed by atoms with E-state index in [1.54, 1.807) is 35.1 Å². The zero-order chi connectivity index (χ0) is 24.2. The van der Waals surface area contributed by atoms with Gasteiger partial charge < -0.3 is 14.8 Å². The summed E-state index contributed by atoms with van der Waals surface area (Å²) in [6, 6.07) is 20.2. The van der Waals surface area contributed by atoms with E-state index in [9.17, 15) is 9.00 Å². The molecular weight excluding hydrogens is 448 g/mol. The summed E-state index contributed by atoms with van der Waals surface area (Å²) in [5.74, 6) is 0.196. The molecule has 0 bridgehead atoms. The number of aromatic nitrogens is 2. The van der Waals surface area contributed by atoms with Crippen molar-refractivity contribution in [1.29, 1.82) is 0 Å². The Morgan fingerprint density at radius 1 is 1.00 bits per heavy atom. The first kappa shape index (κ1) is 23.3. The monoisotopic (exact) mass is 474 g/mol. The number of carbonyl (C=O) groups is 1. The summed E-state index contributed by atoms with van der Waals surface area (Å²) < 4.78 is 23.5. The predicted molar refractivity (Wildman–Crippen MR) is 136 cm³/mol. The summed E-state index contributed by atoms with van der Waals surface area (Å²) in [4.78, 5) is 13.4.